The van der Waals surface area contributed by atoms with Crippen LogP contribution < -0.4 is 0 Å². The van der Waals surface area contributed by atoms with Crippen molar-refractivity contribution in [3.05, 3.63) is 107 Å². The Morgan fingerprint density at radius 2 is 1.41 bits per heavy atom. The summed E-state index contributed by atoms with van der Waals surface area (Å²) in [6, 6.07) is 24.0. The first-order valence-electron chi connectivity index (χ1n) is 9.19. The van der Waals surface area contributed by atoms with Gasteiger partial charge in [0.25, 0.3) is 10.0 Å². The maximum atomic E-state index is 13.3. The van der Waals surface area contributed by atoms with E-state index in [-0.39, 0.29) is 28.5 Å². The molecule has 0 saturated carbocycles. The van der Waals surface area contributed by atoms with Gasteiger partial charge in [-0.1, -0.05) is 72.8 Å². The minimum atomic E-state index is -3.99. The smallest absolute Gasteiger partial charge is 0.265 e. The van der Waals surface area contributed by atoms with E-state index in [1.54, 1.807) is 42.5 Å². The van der Waals surface area contributed by atoms with Gasteiger partial charge >= 0.3 is 0 Å². The van der Waals surface area contributed by atoms with Crippen molar-refractivity contribution in [2.45, 2.75) is 11.3 Å². The largest absolute Gasteiger partial charge is 0.505 e. The van der Waals surface area contributed by atoms with Crippen LogP contribution in [0.5, 0.6) is 0 Å². The van der Waals surface area contributed by atoms with Crippen molar-refractivity contribution in [3.8, 4) is 0 Å². The van der Waals surface area contributed by atoms with Crippen LogP contribution in [0.1, 0.15) is 21.5 Å². The number of rotatable bonds is 4. The Balaban J connectivity index is 1.87. The number of carbonyl (C=O) groups excluding carboxylic acids is 1. The van der Waals surface area contributed by atoms with Crippen molar-refractivity contribution in [1.29, 1.82) is 0 Å². The van der Waals surface area contributed by atoms with E-state index in [1.165, 1.54) is 12.1 Å². The van der Waals surface area contributed by atoms with Gasteiger partial charge in [-0.3, -0.25) is 9.10 Å². The van der Waals surface area contributed by atoms with E-state index in [1.807, 2.05) is 30.3 Å². The molecule has 4 rings (SSSR count). The van der Waals surface area contributed by atoms with E-state index in [9.17, 15) is 18.3 Å². The van der Waals surface area contributed by atoms with E-state index < -0.39 is 15.8 Å². The maximum Gasteiger partial charge on any atom is 0.265 e. The minimum absolute atomic E-state index is 0.0392. The van der Waals surface area contributed by atoms with Crippen LogP contribution in [0.3, 0.4) is 0 Å². The number of hydrogen-bond acceptors (Lipinski definition) is 4. The lowest BCUT2D eigenvalue weighted by molar-refractivity contribution is 0.0998. The fourth-order valence-corrected chi connectivity index (χ4v) is 5.09. The van der Waals surface area contributed by atoms with Crippen LogP contribution in [0.25, 0.3) is 5.76 Å². The number of allylic oxidation sites excluding steroid dienone is 1. The highest BCUT2D eigenvalue weighted by molar-refractivity contribution is 7.89. The lowest BCUT2D eigenvalue weighted by Gasteiger charge is -2.32. The lowest BCUT2D eigenvalue weighted by atomic mass is 10.0. The van der Waals surface area contributed by atoms with Crippen molar-refractivity contribution in [3.63, 3.8) is 0 Å². The van der Waals surface area contributed by atoms with E-state index in [0.29, 0.717) is 12.0 Å². The Morgan fingerprint density at radius 3 is 2.10 bits per heavy atom. The van der Waals surface area contributed by atoms with Crippen LogP contribution in [0.15, 0.2) is 95.5 Å². The number of nitrogens with zero attached hydrogens (tertiary/aromatic N) is 1. The van der Waals surface area contributed by atoms with E-state index in [2.05, 4.69) is 0 Å². The zero-order valence-electron chi connectivity index (χ0n) is 15.5. The van der Waals surface area contributed by atoms with Crippen LogP contribution in [-0.2, 0) is 16.4 Å². The van der Waals surface area contributed by atoms with E-state index in [4.69, 9.17) is 0 Å². The molecule has 1 aliphatic rings. The van der Waals surface area contributed by atoms with Gasteiger partial charge in [0.05, 0.1) is 4.90 Å². The second kappa shape index (κ2) is 7.56. The van der Waals surface area contributed by atoms with Gasteiger partial charge < -0.3 is 5.11 Å². The second-order valence-corrected chi connectivity index (χ2v) is 8.53. The third kappa shape index (κ3) is 3.43. The van der Waals surface area contributed by atoms with Gasteiger partial charge in [-0.05, 0) is 24.1 Å². The summed E-state index contributed by atoms with van der Waals surface area (Å²) in [5.41, 5.74) is 1.18. The van der Waals surface area contributed by atoms with Crippen LogP contribution in [0.2, 0.25) is 0 Å². The fourth-order valence-electron chi connectivity index (χ4n) is 3.42. The SMILES string of the molecule is O=C1/C(=C(\O)c2ccccc2)N(CCc2ccccc2)S(=O)(=O)c2ccccc21. The third-order valence-electron chi connectivity index (χ3n) is 4.88. The quantitative estimate of drug-likeness (QED) is 0.525. The maximum absolute atomic E-state index is 13.3. The number of Topliss-reactive ketones (excluding diaryl/α,β-unsaturated/α-hetero) is 1. The van der Waals surface area contributed by atoms with Crippen molar-refractivity contribution < 1.29 is 18.3 Å². The minimum Gasteiger partial charge on any atom is -0.505 e. The van der Waals surface area contributed by atoms with Crippen molar-refractivity contribution >= 4 is 21.6 Å². The third-order valence-corrected chi connectivity index (χ3v) is 6.74. The molecule has 0 unspecified atom stereocenters. The highest BCUT2D eigenvalue weighted by Gasteiger charge is 2.41. The number of hydrogen-bond donors (Lipinski definition) is 1. The normalized spacial score (nSPS) is 17.0. The van der Waals surface area contributed by atoms with Crippen molar-refractivity contribution in [2.24, 2.45) is 0 Å². The molecule has 6 heteroatoms. The predicted molar refractivity (Wildman–Crippen MR) is 111 cm³/mol. The predicted octanol–water partition coefficient (Wildman–Crippen LogP) is 4.04. The first-order valence-corrected chi connectivity index (χ1v) is 10.6. The summed E-state index contributed by atoms with van der Waals surface area (Å²) in [6.45, 7) is 0.0403. The zero-order chi connectivity index (χ0) is 20.4. The Bertz CT molecular complexity index is 1190. The number of carbonyl (C=O) groups is 1. The highest BCUT2D eigenvalue weighted by atomic mass is 32.2. The van der Waals surface area contributed by atoms with Gasteiger partial charge in [0.15, 0.2) is 5.76 Å². The van der Waals surface area contributed by atoms with Gasteiger partial charge in [0.2, 0.25) is 5.78 Å². The molecule has 0 radical (unpaired) electrons. The molecule has 0 fully saturated rings. The molecule has 0 bridgehead atoms. The lowest BCUT2D eigenvalue weighted by Crippen LogP contribution is -2.41. The Kier molecular flexibility index (Phi) is 4.94. The number of aliphatic hydroxyl groups is 1. The molecule has 0 aromatic heterocycles. The molecular formula is C23H19NO4S. The molecule has 0 aliphatic carbocycles. The molecule has 5 nitrogen and oxygen atoms in total. The molecule has 29 heavy (non-hydrogen) atoms. The monoisotopic (exact) mass is 405 g/mol. The average molecular weight is 405 g/mol. The summed E-state index contributed by atoms with van der Waals surface area (Å²) in [7, 11) is -3.99. The summed E-state index contributed by atoms with van der Waals surface area (Å²) in [4.78, 5) is 13.2. The molecule has 0 atom stereocenters. The van der Waals surface area contributed by atoms with Crippen LogP contribution in [0.4, 0.5) is 0 Å². The van der Waals surface area contributed by atoms with Gasteiger partial charge in [-0.2, -0.15) is 0 Å². The number of aliphatic hydroxyl groups excluding tert-OH is 1. The van der Waals surface area contributed by atoms with Crippen molar-refractivity contribution in [2.75, 3.05) is 6.54 Å². The Hall–Kier alpha value is -3.38. The van der Waals surface area contributed by atoms with Gasteiger partial charge in [-0.25, -0.2) is 8.42 Å². The number of sulfonamides is 1. The van der Waals surface area contributed by atoms with Crippen LogP contribution in [-0.4, -0.2) is 30.2 Å². The molecular weight excluding hydrogens is 386 g/mol. The number of fused-ring (bicyclic) bond motifs is 1. The summed E-state index contributed by atoms with van der Waals surface area (Å²) in [6.07, 6.45) is 0.404. The highest BCUT2D eigenvalue weighted by Crippen LogP contribution is 2.35. The molecule has 0 amide bonds. The molecule has 1 aliphatic heterocycles. The molecule has 146 valence electrons. The summed E-state index contributed by atoms with van der Waals surface area (Å²) >= 11 is 0. The Labute approximate surface area is 169 Å². The standard InChI is InChI=1S/C23H19NO4S/c25-22(18-11-5-2-6-12-18)21-23(26)19-13-7-8-14-20(19)29(27,28)24(21)16-15-17-9-3-1-4-10-17/h1-14,25H,15-16H2/b22-21+. The van der Waals surface area contributed by atoms with Gasteiger partial charge in [0.1, 0.15) is 5.70 Å². The number of benzene rings is 3. The first kappa shape index (κ1) is 19.0. The molecule has 3 aromatic carbocycles. The average Bonchev–Trinajstić information content (AvgIpc) is 2.76. The van der Waals surface area contributed by atoms with Gasteiger partial charge in [0, 0.05) is 17.7 Å². The molecule has 0 saturated heterocycles. The molecule has 0 spiro atoms. The summed E-state index contributed by atoms with van der Waals surface area (Å²) in [5.74, 6) is -0.855. The molecule has 3 aromatic rings. The van der Waals surface area contributed by atoms with Crippen molar-refractivity contribution in [1.82, 2.24) is 4.31 Å². The summed E-state index contributed by atoms with van der Waals surface area (Å²) < 4.78 is 27.7. The fraction of sp³-hybridized carbons (Fsp3) is 0.0870. The molecule has 1 N–H and O–H groups in total. The summed E-state index contributed by atoms with van der Waals surface area (Å²) in [5, 5.41) is 10.9. The second-order valence-electron chi connectivity index (χ2n) is 6.70. The topological polar surface area (TPSA) is 74.7 Å². The number of ketones is 1. The molecule has 1 heterocycles. The van der Waals surface area contributed by atoms with Crippen LogP contribution in [0, 0.1) is 0 Å². The zero-order valence-corrected chi connectivity index (χ0v) is 16.3. The van der Waals surface area contributed by atoms with E-state index >= 15 is 0 Å². The van der Waals surface area contributed by atoms with Crippen LogP contribution >= 0.6 is 0 Å². The van der Waals surface area contributed by atoms with E-state index in [0.717, 1.165) is 9.87 Å². The van der Waals surface area contributed by atoms with Gasteiger partial charge in [-0.15, -0.1) is 0 Å². The Morgan fingerprint density at radius 1 is 0.828 bits per heavy atom. The first-order chi connectivity index (χ1) is 14.0.